The molecule has 5 unspecified atom stereocenters. The summed E-state index contributed by atoms with van der Waals surface area (Å²) < 4.78 is 31.8. The SMILES string of the molecule is C=Cc1ccc(C(=O)OCC2OC(OC(C)=O)C(OC(C)=O)C(OC(C)=O)C2OC(C)=O)cc1. The topological polar surface area (TPSA) is 141 Å². The molecule has 0 spiro atoms. The van der Waals surface area contributed by atoms with Crippen molar-refractivity contribution in [1.29, 1.82) is 0 Å². The Balaban J connectivity index is 2.33. The first-order chi connectivity index (χ1) is 16.0. The zero-order chi connectivity index (χ0) is 25.4. The monoisotopic (exact) mass is 478 g/mol. The summed E-state index contributed by atoms with van der Waals surface area (Å²) in [6, 6.07) is 6.40. The number of hydrogen-bond donors (Lipinski definition) is 0. The molecule has 2 rings (SSSR count). The summed E-state index contributed by atoms with van der Waals surface area (Å²) >= 11 is 0. The molecule has 1 saturated heterocycles. The van der Waals surface area contributed by atoms with Crippen molar-refractivity contribution in [3.05, 3.63) is 42.0 Å². The van der Waals surface area contributed by atoms with Gasteiger partial charge in [0.2, 0.25) is 12.4 Å². The lowest BCUT2D eigenvalue weighted by atomic mass is 9.98. The lowest BCUT2D eigenvalue weighted by molar-refractivity contribution is -0.299. The van der Waals surface area contributed by atoms with Crippen LogP contribution in [0.15, 0.2) is 30.8 Å². The van der Waals surface area contributed by atoms with Crippen molar-refractivity contribution >= 4 is 35.9 Å². The van der Waals surface area contributed by atoms with E-state index in [2.05, 4.69) is 6.58 Å². The van der Waals surface area contributed by atoms with Crippen LogP contribution >= 0.6 is 0 Å². The fourth-order valence-electron chi connectivity index (χ4n) is 3.24. The fraction of sp³-hybridized carbons (Fsp3) is 0.435. The Morgan fingerprint density at radius 2 is 1.29 bits per heavy atom. The third kappa shape index (κ3) is 7.41. The van der Waals surface area contributed by atoms with Gasteiger partial charge in [-0.05, 0) is 17.7 Å². The molecule has 0 saturated carbocycles. The normalized spacial score (nSPS) is 23.7. The van der Waals surface area contributed by atoms with Gasteiger partial charge < -0.3 is 28.4 Å². The van der Waals surface area contributed by atoms with Gasteiger partial charge in [0, 0.05) is 27.7 Å². The minimum atomic E-state index is -1.53. The van der Waals surface area contributed by atoms with Gasteiger partial charge in [-0.25, -0.2) is 4.79 Å². The second-order valence-electron chi connectivity index (χ2n) is 7.30. The maximum Gasteiger partial charge on any atom is 0.338 e. The summed E-state index contributed by atoms with van der Waals surface area (Å²) in [6.45, 7) is 7.54. The second kappa shape index (κ2) is 11.9. The molecule has 34 heavy (non-hydrogen) atoms. The molecule has 0 bridgehead atoms. The average Bonchev–Trinajstić information content (AvgIpc) is 2.75. The number of ether oxygens (including phenoxy) is 6. The van der Waals surface area contributed by atoms with Crippen LogP contribution in [0.3, 0.4) is 0 Å². The van der Waals surface area contributed by atoms with Gasteiger partial charge in [-0.2, -0.15) is 0 Å². The van der Waals surface area contributed by atoms with Crippen LogP contribution in [0.5, 0.6) is 0 Å². The Hall–Kier alpha value is -3.73. The molecule has 11 heteroatoms. The van der Waals surface area contributed by atoms with Gasteiger partial charge in [0.15, 0.2) is 12.2 Å². The van der Waals surface area contributed by atoms with Gasteiger partial charge in [-0.1, -0.05) is 24.8 Å². The van der Waals surface area contributed by atoms with Crippen molar-refractivity contribution in [3.8, 4) is 0 Å². The van der Waals surface area contributed by atoms with Crippen LogP contribution in [-0.2, 0) is 47.6 Å². The zero-order valence-corrected chi connectivity index (χ0v) is 19.2. The van der Waals surface area contributed by atoms with E-state index in [0.29, 0.717) is 0 Å². The Labute approximate surface area is 195 Å². The van der Waals surface area contributed by atoms with Crippen LogP contribution < -0.4 is 0 Å². The third-order valence-electron chi connectivity index (χ3n) is 4.54. The van der Waals surface area contributed by atoms with E-state index in [0.717, 1.165) is 33.3 Å². The number of benzene rings is 1. The molecule has 0 aromatic heterocycles. The molecule has 1 aromatic carbocycles. The number of esters is 5. The molecular formula is C23H26O11. The first kappa shape index (κ1) is 26.5. The Kier molecular flexibility index (Phi) is 9.31. The van der Waals surface area contributed by atoms with Crippen LogP contribution in [0, 0.1) is 0 Å². The van der Waals surface area contributed by atoms with Gasteiger partial charge in [-0.3, -0.25) is 19.2 Å². The van der Waals surface area contributed by atoms with E-state index in [1.165, 1.54) is 12.1 Å². The van der Waals surface area contributed by atoms with Gasteiger partial charge in [0.05, 0.1) is 5.56 Å². The van der Waals surface area contributed by atoms with Crippen LogP contribution in [0.2, 0.25) is 0 Å². The van der Waals surface area contributed by atoms with E-state index < -0.39 is 67.2 Å². The van der Waals surface area contributed by atoms with Gasteiger partial charge >= 0.3 is 29.8 Å². The highest BCUT2D eigenvalue weighted by Gasteiger charge is 2.53. The third-order valence-corrected chi connectivity index (χ3v) is 4.54. The minimum Gasteiger partial charge on any atom is -0.459 e. The van der Waals surface area contributed by atoms with Crippen molar-refractivity contribution < 1.29 is 52.4 Å². The van der Waals surface area contributed by atoms with Crippen molar-refractivity contribution in [3.63, 3.8) is 0 Å². The number of carbonyl (C=O) groups excluding carboxylic acids is 5. The van der Waals surface area contributed by atoms with E-state index in [1.807, 2.05) is 0 Å². The molecule has 1 fully saturated rings. The molecule has 0 N–H and O–H groups in total. The van der Waals surface area contributed by atoms with Crippen molar-refractivity contribution in [1.82, 2.24) is 0 Å². The standard InChI is InChI=1S/C23H26O11/c1-6-16-7-9-17(10-8-16)22(28)29-11-18-19(30-12(2)24)20(31-13(3)25)21(32-14(4)26)23(34-18)33-15(5)27/h6-10,18-21,23H,1,11H2,2-5H3. The highest BCUT2D eigenvalue weighted by atomic mass is 16.7. The van der Waals surface area contributed by atoms with Gasteiger partial charge in [0.1, 0.15) is 12.7 Å². The fourth-order valence-corrected chi connectivity index (χ4v) is 3.24. The zero-order valence-electron chi connectivity index (χ0n) is 19.2. The summed E-state index contributed by atoms with van der Waals surface area (Å²) in [6.07, 6.45) is -5.38. The van der Waals surface area contributed by atoms with E-state index in [9.17, 15) is 24.0 Å². The lowest BCUT2D eigenvalue weighted by Gasteiger charge is -2.43. The second-order valence-corrected chi connectivity index (χ2v) is 7.30. The molecule has 5 atom stereocenters. The molecule has 1 aromatic rings. The summed E-state index contributed by atoms with van der Waals surface area (Å²) in [5, 5.41) is 0. The van der Waals surface area contributed by atoms with E-state index in [4.69, 9.17) is 28.4 Å². The lowest BCUT2D eigenvalue weighted by Crippen LogP contribution is -2.63. The van der Waals surface area contributed by atoms with Gasteiger partial charge in [0.25, 0.3) is 0 Å². The Morgan fingerprint density at radius 1 is 0.794 bits per heavy atom. The first-order valence-corrected chi connectivity index (χ1v) is 10.3. The highest BCUT2D eigenvalue weighted by molar-refractivity contribution is 5.89. The quantitative estimate of drug-likeness (QED) is 0.397. The summed E-state index contributed by atoms with van der Waals surface area (Å²) in [5.74, 6) is -3.85. The Morgan fingerprint density at radius 3 is 1.79 bits per heavy atom. The molecule has 11 nitrogen and oxygen atoms in total. The number of carbonyl (C=O) groups is 5. The van der Waals surface area contributed by atoms with Crippen molar-refractivity contribution in [2.75, 3.05) is 6.61 Å². The van der Waals surface area contributed by atoms with Crippen LogP contribution in [0.4, 0.5) is 0 Å². The van der Waals surface area contributed by atoms with Gasteiger partial charge in [-0.15, -0.1) is 0 Å². The molecule has 0 radical (unpaired) electrons. The summed E-state index contributed by atoms with van der Waals surface area (Å²) in [7, 11) is 0. The molecule has 184 valence electrons. The maximum absolute atomic E-state index is 12.5. The maximum atomic E-state index is 12.5. The van der Waals surface area contributed by atoms with Crippen molar-refractivity contribution in [2.24, 2.45) is 0 Å². The molecular weight excluding hydrogens is 452 g/mol. The van der Waals surface area contributed by atoms with E-state index >= 15 is 0 Å². The van der Waals surface area contributed by atoms with Crippen LogP contribution in [0.1, 0.15) is 43.6 Å². The van der Waals surface area contributed by atoms with Crippen LogP contribution in [-0.4, -0.2) is 67.2 Å². The number of hydrogen-bond acceptors (Lipinski definition) is 11. The van der Waals surface area contributed by atoms with E-state index in [-0.39, 0.29) is 5.56 Å². The first-order valence-electron chi connectivity index (χ1n) is 10.3. The smallest absolute Gasteiger partial charge is 0.338 e. The predicted octanol–water partition coefficient (Wildman–Crippen LogP) is 1.57. The summed E-state index contributed by atoms with van der Waals surface area (Å²) in [5.41, 5.74) is 1.03. The predicted molar refractivity (Wildman–Crippen MR) is 114 cm³/mol. The summed E-state index contributed by atoms with van der Waals surface area (Å²) in [4.78, 5) is 59.3. The molecule has 1 aliphatic rings. The minimum absolute atomic E-state index is 0.233. The highest BCUT2D eigenvalue weighted by Crippen LogP contribution is 2.30. The van der Waals surface area contributed by atoms with Crippen molar-refractivity contribution in [2.45, 2.75) is 58.4 Å². The average molecular weight is 478 g/mol. The molecule has 1 heterocycles. The van der Waals surface area contributed by atoms with E-state index in [1.54, 1.807) is 18.2 Å². The molecule has 0 amide bonds. The Bertz CT molecular complexity index is 937. The largest absolute Gasteiger partial charge is 0.459 e. The molecule has 0 aliphatic carbocycles. The van der Waals surface area contributed by atoms with Crippen LogP contribution in [0.25, 0.3) is 6.08 Å². The number of rotatable bonds is 8. The molecule has 1 aliphatic heterocycles.